The molecule has 1 aromatic rings. The molecule has 1 aliphatic rings. The number of halogens is 1. The minimum absolute atomic E-state index is 0.0145. The molecule has 0 amide bonds. The molecule has 3 N–H and O–H groups in total. The second-order valence-corrected chi connectivity index (χ2v) is 4.60. The summed E-state index contributed by atoms with van der Waals surface area (Å²) in [7, 11) is 0. The van der Waals surface area contributed by atoms with Crippen LogP contribution in [0.25, 0.3) is 0 Å². The first kappa shape index (κ1) is 12.8. The molecule has 0 spiro atoms. The van der Waals surface area contributed by atoms with E-state index in [-0.39, 0.29) is 13.2 Å². The Morgan fingerprint density at radius 3 is 2.83 bits per heavy atom. The molecule has 6 nitrogen and oxygen atoms in total. The first-order valence-corrected chi connectivity index (χ1v) is 5.88. The van der Waals surface area contributed by atoms with Gasteiger partial charge in [-0.3, -0.25) is 9.59 Å². The van der Waals surface area contributed by atoms with Crippen LogP contribution in [0.3, 0.4) is 0 Å². The van der Waals surface area contributed by atoms with E-state index in [0.717, 1.165) is 0 Å². The zero-order chi connectivity index (χ0) is 13.3. The lowest BCUT2D eigenvalue weighted by atomic mass is 10.0. The minimum Gasteiger partial charge on any atom is -0.481 e. The number of hydrogen-bond donors (Lipinski definition) is 2. The van der Waals surface area contributed by atoms with Gasteiger partial charge < -0.3 is 20.3 Å². The Morgan fingerprint density at radius 1 is 1.56 bits per heavy atom. The molecule has 1 atom stereocenters. The maximum atomic E-state index is 10.9. The van der Waals surface area contributed by atoms with E-state index in [2.05, 4.69) is 15.9 Å². The van der Waals surface area contributed by atoms with Crippen LogP contribution >= 0.6 is 15.9 Å². The van der Waals surface area contributed by atoms with Gasteiger partial charge in [0.25, 0.3) is 0 Å². The molecule has 7 heteroatoms. The number of benzene rings is 1. The zero-order valence-corrected chi connectivity index (χ0v) is 10.8. The molecule has 0 fully saturated rings. The summed E-state index contributed by atoms with van der Waals surface area (Å²) in [5, 5.41) is 8.76. The highest BCUT2D eigenvalue weighted by Crippen LogP contribution is 2.45. The smallest absolute Gasteiger partial charge is 0.305 e. The third kappa shape index (κ3) is 2.19. The molecule has 96 valence electrons. The van der Waals surface area contributed by atoms with E-state index in [1.54, 1.807) is 0 Å². The van der Waals surface area contributed by atoms with Gasteiger partial charge in [0.05, 0.1) is 12.0 Å². The molecular formula is C11H10BrNO5. The number of carboxylic acids is 1. The maximum absolute atomic E-state index is 10.9. The number of carbonyl (C=O) groups is 2. The number of aldehydes is 1. The molecule has 1 unspecified atom stereocenters. The van der Waals surface area contributed by atoms with Crippen LogP contribution in [0, 0.1) is 0 Å². The van der Waals surface area contributed by atoms with Crippen molar-refractivity contribution < 1.29 is 24.2 Å². The highest BCUT2D eigenvalue weighted by atomic mass is 79.9. The van der Waals surface area contributed by atoms with E-state index in [9.17, 15) is 9.59 Å². The normalized spacial score (nSPS) is 14.3. The van der Waals surface area contributed by atoms with E-state index in [0.29, 0.717) is 33.4 Å². The van der Waals surface area contributed by atoms with Crippen molar-refractivity contribution in [3.63, 3.8) is 0 Å². The molecule has 0 aliphatic carbocycles. The summed E-state index contributed by atoms with van der Waals surface area (Å²) in [4.78, 5) is 21.6. The fourth-order valence-electron chi connectivity index (χ4n) is 1.80. The van der Waals surface area contributed by atoms with Crippen molar-refractivity contribution in [2.24, 2.45) is 5.73 Å². The third-order valence-corrected chi connectivity index (χ3v) is 3.21. The van der Waals surface area contributed by atoms with Crippen molar-refractivity contribution in [3.8, 4) is 11.5 Å². The summed E-state index contributed by atoms with van der Waals surface area (Å²) in [5.41, 5.74) is 6.66. The van der Waals surface area contributed by atoms with Crippen molar-refractivity contribution in [2.45, 2.75) is 12.5 Å². The average molecular weight is 316 g/mol. The number of hydrogen-bond acceptors (Lipinski definition) is 5. The van der Waals surface area contributed by atoms with Crippen LogP contribution in [0.5, 0.6) is 11.5 Å². The van der Waals surface area contributed by atoms with Gasteiger partial charge in [0.1, 0.15) is 0 Å². The van der Waals surface area contributed by atoms with Gasteiger partial charge in [-0.25, -0.2) is 0 Å². The van der Waals surface area contributed by atoms with Gasteiger partial charge in [0.2, 0.25) is 6.79 Å². The van der Waals surface area contributed by atoms with Gasteiger partial charge in [0.15, 0.2) is 17.8 Å². The maximum Gasteiger partial charge on any atom is 0.305 e. The molecule has 0 aromatic heterocycles. The predicted octanol–water partition coefficient (Wildman–Crippen LogP) is 1.46. The summed E-state index contributed by atoms with van der Waals surface area (Å²) in [6.45, 7) is -0.0145. The Balaban J connectivity index is 2.51. The van der Waals surface area contributed by atoms with Gasteiger partial charge in [-0.2, -0.15) is 0 Å². The Hall–Kier alpha value is -1.60. The number of ether oxygens (including phenoxy) is 2. The minimum atomic E-state index is -1.01. The van der Waals surface area contributed by atoms with Gasteiger partial charge >= 0.3 is 5.97 Å². The van der Waals surface area contributed by atoms with E-state index >= 15 is 0 Å². The first-order valence-electron chi connectivity index (χ1n) is 5.09. The Labute approximate surface area is 111 Å². The van der Waals surface area contributed by atoms with Crippen LogP contribution in [0.15, 0.2) is 10.5 Å². The van der Waals surface area contributed by atoms with E-state index < -0.39 is 12.0 Å². The second-order valence-electron chi connectivity index (χ2n) is 3.75. The molecule has 1 aromatic carbocycles. The Kier molecular flexibility index (Phi) is 3.53. The Bertz CT molecular complexity index is 517. The Morgan fingerprint density at radius 2 is 2.22 bits per heavy atom. The van der Waals surface area contributed by atoms with Crippen molar-refractivity contribution in [1.29, 1.82) is 0 Å². The summed E-state index contributed by atoms with van der Waals surface area (Å²) >= 11 is 3.26. The summed E-state index contributed by atoms with van der Waals surface area (Å²) in [6.07, 6.45) is 0.402. The lowest BCUT2D eigenvalue weighted by Crippen LogP contribution is -2.16. The predicted molar refractivity (Wildman–Crippen MR) is 64.8 cm³/mol. The molecule has 0 saturated carbocycles. The summed E-state index contributed by atoms with van der Waals surface area (Å²) < 4.78 is 11.0. The highest BCUT2D eigenvalue weighted by molar-refractivity contribution is 9.10. The lowest BCUT2D eigenvalue weighted by molar-refractivity contribution is -0.137. The number of fused-ring (bicyclic) bond motifs is 1. The van der Waals surface area contributed by atoms with Gasteiger partial charge in [0, 0.05) is 16.1 Å². The van der Waals surface area contributed by atoms with Crippen LogP contribution in [0.1, 0.15) is 28.4 Å². The SMILES string of the molecule is NC(CC(=O)O)c1c(Br)cc(C=O)c2c1OCO2. The first-order chi connectivity index (χ1) is 8.54. The van der Waals surface area contributed by atoms with Crippen LogP contribution in [-0.2, 0) is 4.79 Å². The monoisotopic (exact) mass is 315 g/mol. The molecule has 1 aliphatic heterocycles. The highest BCUT2D eigenvalue weighted by Gasteiger charge is 2.28. The van der Waals surface area contributed by atoms with Crippen molar-refractivity contribution >= 4 is 28.2 Å². The molecule has 0 bridgehead atoms. The largest absolute Gasteiger partial charge is 0.481 e. The van der Waals surface area contributed by atoms with E-state index in [1.807, 2.05) is 0 Å². The average Bonchev–Trinajstić information content (AvgIpc) is 2.75. The van der Waals surface area contributed by atoms with Crippen LogP contribution in [0.2, 0.25) is 0 Å². The van der Waals surface area contributed by atoms with Crippen LogP contribution in [-0.4, -0.2) is 24.2 Å². The molecule has 0 saturated heterocycles. The van der Waals surface area contributed by atoms with Crippen molar-refractivity contribution in [1.82, 2.24) is 0 Å². The molecular weight excluding hydrogens is 306 g/mol. The van der Waals surface area contributed by atoms with Gasteiger partial charge in [-0.05, 0) is 6.07 Å². The number of nitrogens with two attached hydrogens (primary N) is 1. The van der Waals surface area contributed by atoms with Crippen molar-refractivity contribution in [3.05, 3.63) is 21.7 Å². The quantitative estimate of drug-likeness (QED) is 0.816. The van der Waals surface area contributed by atoms with Crippen LogP contribution < -0.4 is 15.2 Å². The van der Waals surface area contributed by atoms with Crippen LogP contribution in [0.4, 0.5) is 0 Å². The van der Waals surface area contributed by atoms with E-state index in [4.69, 9.17) is 20.3 Å². The zero-order valence-electron chi connectivity index (χ0n) is 9.18. The number of carbonyl (C=O) groups excluding carboxylic acids is 1. The summed E-state index contributed by atoms with van der Waals surface area (Å²) in [6, 6.07) is 0.797. The number of aliphatic carboxylic acids is 1. The molecule has 2 rings (SSSR count). The molecule has 0 radical (unpaired) electrons. The molecule has 18 heavy (non-hydrogen) atoms. The fourth-order valence-corrected chi connectivity index (χ4v) is 2.53. The topological polar surface area (TPSA) is 98.9 Å². The van der Waals surface area contributed by atoms with Crippen molar-refractivity contribution in [2.75, 3.05) is 6.79 Å². The third-order valence-electron chi connectivity index (χ3n) is 2.55. The fraction of sp³-hybridized carbons (Fsp3) is 0.273. The second kappa shape index (κ2) is 4.95. The lowest BCUT2D eigenvalue weighted by Gasteiger charge is -2.15. The standard InChI is InChI=1S/C11H10BrNO5/c12-6-1-5(3-14)10-11(18-4-17-10)9(6)7(13)2-8(15)16/h1,3,7H,2,4,13H2,(H,15,16). The number of rotatable bonds is 4. The molecule has 1 heterocycles. The van der Waals surface area contributed by atoms with Gasteiger partial charge in [-0.15, -0.1) is 0 Å². The van der Waals surface area contributed by atoms with Gasteiger partial charge in [-0.1, -0.05) is 15.9 Å². The van der Waals surface area contributed by atoms with E-state index in [1.165, 1.54) is 6.07 Å². The number of carboxylic acid groups (broad SMARTS) is 1. The summed E-state index contributed by atoms with van der Waals surface area (Å²) in [5.74, 6) is -0.370.